The number of fused-ring (bicyclic) bond motifs is 5. The summed E-state index contributed by atoms with van der Waals surface area (Å²) in [6, 6.07) is 4.46. The van der Waals surface area contributed by atoms with Crippen LogP contribution in [0.3, 0.4) is 0 Å². The van der Waals surface area contributed by atoms with E-state index in [2.05, 4.69) is 5.10 Å². The van der Waals surface area contributed by atoms with Crippen LogP contribution in [0.15, 0.2) is 35.5 Å². The first kappa shape index (κ1) is 17.4. The molecule has 2 bridgehead atoms. The van der Waals surface area contributed by atoms with E-state index in [1.807, 2.05) is 12.2 Å². The Bertz CT molecular complexity index is 861. The molecular formula is C19H19N3O5. The number of amides is 2. The minimum absolute atomic E-state index is 0.0716. The number of carbonyl (C=O) groups excluding carboxylic acids is 2. The van der Waals surface area contributed by atoms with E-state index >= 15 is 0 Å². The minimum atomic E-state index is -0.533. The lowest BCUT2D eigenvalue weighted by Gasteiger charge is -2.13. The van der Waals surface area contributed by atoms with Crippen LogP contribution in [-0.2, 0) is 9.59 Å². The van der Waals surface area contributed by atoms with Crippen LogP contribution in [0.4, 0.5) is 5.69 Å². The molecule has 8 nitrogen and oxygen atoms in total. The predicted molar refractivity (Wildman–Crippen MR) is 96.0 cm³/mol. The van der Waals surface area contributed by atoms with E-state index in [1.165, 1.54) is 18.3 Å². The van der Waals surface area contributed by atoms with Crippen molar-refractivity contribution in [3.05, 3.63) is 46.0 Å². The summed E-state index contributed by atoms with van der Waals surface area (Å²) >= 11 is 0. The molecule has 1 saturated carbocycles. The second-order valence-electron chi connectivity index (χ2n) is 7.35. The molecule has 1 aliphatic heterocycles. The molecule has 0 N–H and O–H groups in total. The Kier molecular flexibility index (Phi) is 4.05. The number of para-hydroxylation sites is 1. The number of imide groups is 1. The molecule has 2 aliphatic carbocycles. The fraction of sp³-hybridized carbons (Fsp3) is 0.421. The molecule has 4 atom stereocenters. The first-order valence-corrected chi connectivity index (χ1v) is 8.92. The number of hydrazone groups is 1. The zero-order valence-corrected chi connectivity index (χ0v) is 14.9. The van der Waals surface area contributed by atoms with Gasteiger partial charge in [-0.2, -0.15) is 10.1 Å². The number of nitrogens with zero attached hydrogens (tertiary/aromatic N) is 3. The number of nitro groups is 1. The number of rotatable bonds is 5. The molecule has 4 rings (SSSR count). The summed E-state index contributed by atoms with van der Waals surface area (Å²) in [5, 5.41) is 16.3. The second kappa shape index (κ2) is 6.29. The van der Waals surface area contributed by atoms with Crippen LogP contribution in [0.2, 0.25) is 0 Å². The number of hydrogen-bond donors (Lipinski definition) is 0. The van der Waals surface area contributed by atoms with Crippen LogP contribution in [0.1, 0.15) is 25.8 Å². The molecule has 0 aromatic heterocycles. The van der Waals surface area contributed by atoms with Gasteiger partial charge in [-0.05, 0) is 38.2 Å². The van der Waals surface area contributed by atoms with E-state index < -0.39 is 4.92 Å². The number of hydrogen-bond acceptors (Lipinski definition) is 6. The lowest BCUT2D eigenvalue weighted by atomic mass is 9.85. The molecule has 1 heterocycles. The quantitative estimate of drug-likeness (QED) is 0.261. The molecule has 27 heavy (non-hydrogen) atoms. The van der Waals surface area contributed by atoms with Crippen LogP contribution in [0.25, 0.3) is 0 Å². The van der Waals surface area contributed by atoms with Crippen molar-refractivity contribution in [2.24, 2.45) is 28.8 Å². The summed E-state index contributed by atoms with van der Waals surface area (Å²) in [6.07, 6.45) is 5.88. The fourth-order valence-electron chi connectivity index (χ4n) is 4.27. The van der Waals surface area contributed by atoms with Gasteiger partial charge in [0.15, 0.2) is 0 Å². The van der Waals surface area contributed by atoms with E-state index in [0.29, 0.717) is 5.56 Å². The van der Waals surface area contributed by atoms with Crippen molar-refractivity contribution in [1.29, 1.82) is 0 Å². The van der Waals surface area contributed by atoms with Gasteiger partial charge in [0.05, 0.1) is 29.1 Å². The first-order valence-electron chi connectivity index (χ1n) is 8.92. The molecule has 3 aliphatic rings. The number of carbonyl (C=O) groups is 2. The highest BCUT2D eigenvalue weighted by Crippen LogP contribution is 2.52. The number of benzene rings is 1. The topological polar surface area (TPSA) is 102 Å². The highest BCUT2D eigenvalue weighted by Gasteiger charge is 2.59. The van der Waals surface area contributed by atoms with Crippen LogP contribution in [0, 0.1) is 33.8 Å². The van der Waals surface area contributed by atoms with Gasteiger partial charge >= 0.3 is 5.69 Å². The van der Waals surface area contributed by atoms with Crippen molar-refractivity contribution in [3.8, 4) is 5.75 Å². The fourth-order valence-corrected chi connectivity index (χ4v) is 4.27. The standard InChI is InChI=1S/C19H19N3O5/c1-10(2)27-17-13(4-3-5-14(17)22(25)26)9-20-21-18(23)15-11-6-7-12(8-11)16(15)19(21)24/h3-7,9-12,15-16H,8H2,1-2H3. The zero-order valence-electron chi connectivity index (χ0n) is 14.9. The summed E-state index contributed by atoms with van der Waals surface area (Å²) in [7, 11) is 0. The lowest BCUT2D eigenvalue weighted by molar-refractivity contribution is -0.386. The SMILES string of the molecule is CC(C)Oc1c(C=NN2C(=O)C3C4C=CC(C4)C3C2=O)cccc1[N+](=O)[O-]. The van der Waals surface area contributed by atoms with Crippen molar-refractivity contribution in [1.82, 2.24) is 5.01 Å². The second-order valence-corrected chi connectivity index (χ2v) is 7.35. The molecular weight excluding hydrogens is 350 g/mol. The monoisotopic (exact) mass is 369 g/mol. The number of allylic oxidation sites excluding steroid dienone is 2. The highest BCUT2D eigenvalue weighted by atomic mass is 16.6. The zero-order chi connectivity index (χ0) is 19.3. The molecule has 1 aromatic rings. The van der Waals surface area contributed by atoms with Gasteiger partial charge in [0.2, 0.25) is 5.75 Å². The molecule has 2 amide bonds. The van der Waals surface area contributed by atoms with Crippen molar-refractivity contribution < 1.29 is 19.2 Å². The Morgan fingerprint density at radius 3 is 2.41 bits per heavy atom. The van der Waals surface area contributed by atoms with Crippen LogP contribution >= 0.6 is 0 Å². The maximum absolute atomic E-state index is 12.7. The van der Waals surface area contributed by atoms with E-state index in [4.69, 9.17) is 4.74 Å². The third kappa shape index (κ3) is 2.72. The van der Waals surface area contributed by atoms with Gasteiger partial charge in [-0.1, -0.05) is 18.2 Å². The van der Waals surface area contributed by atoms with Crippen molar-refractivity contribution >= 4 is 23.7 Å². The predicted octanol–water partition coefficient (Wildman–Crippen LogP) is 2.52. The summed E-state index contributed by atoms with van der Waals surface area (Å²) in [4.78, 5) is 36.1. The summed E-state index contributed by atoms with van der Waals surface area (Å²) < 4.78 is 5.59. The van der Waals surface area contributed by atoms with Gasteiger partial charge < -0.3 is 4.74 Å². The average molecular weight is 369 g/mol. The Morgan fingerprint density at radius 1 is 1.22 bits per heavy atom. The summed E-state index contributed by atoms with van der Waals surface area (Å²) in [6.45, 7) is 3.52. The van der Waals surface area contributed by atoms with Gasteiger partial charge in [-0.25, -0.2) is 0 Å². The maximum atomic E-state index is 12.7. The van der Waals surface area contributed by atoms with Crippen molar-refractivity contribution in [2.45, 2.75) is 26.4 Å². The van der Waals surface area contributed by atoms with E-state index in [-0.39, 0.29) is 53.0 Å². The highest BCUT2D eigenvalue weighted by molar-refractivity contribution is 6.07. The molecule has 8 heteroatoms. The van der Waals surface area contributed by atoms with Gasteiger partial charge in [0, 0.05) is 11.6 Å². The van der Waals surface area contributed by atoms with E-state index in [9.17, 15) is 19.7 Å². The third-order valence-corrected chi connectivity index (χ3v) is 5.33. The van der Waals surface area contributed by atoms with Crippen LogP contribution in [-0.4, -0.2) is 34.1 Å². The van der Waals surface area contributed by atoms with Crippen molar-refractivity contribution in [3.63, 3.8) is 0 Å². The smallest absolute Gasteiger partial charge is 0.311 e. The third-order valence-electron chi connectivity index (χ3n) is 5.33. The first-order chi connectivity index (χ1) is 12.9. The van der Waals surface area contributed by atoms with Crippen LogP contribution in [0.5, 0.6) is 5.75 Å². The summed E-state index contributed by atoms with van der Waals surface area (Å²) in [5.41, 5.74) is 0.155. The summed E-state index contributed by atoms with van der Waals surface area (Å²) in [5.74, 6) is -0.974. The van der Waals surface area contributed by atoms with Gasteiger partial charge in [-0.3, -0.25) is 19.7 Å². The molecule has 2 fully saturated rings. The Hall–Kier alpha value is -3.03. The normalized spacial score (nSPS) is 28.6. The molecule has 0 radical (unpaired) electrons. The molecule has 1 saturated heterocycles. The lowest BCUT2D eigenvalue weighted by Crippen LogP contribution is -2.28. The Morgan fingerprint density at radius 2 is 1.85 bits per heavy atom. The van der Waals surface area contributed by atoms with E-state index in [0.717, 1.165) is 11.4 Å². The van der Waals surface area contributed by atoms with Crippen molar-refractivity contribution in [2.75, 3.05) is 0 Å². The van der Waals surface area contributed by atoms with Gasteiger partial charge in [0.1, 0.15) is 0 Å². The Labute approximate surface area is 155 Å². The average Bonchev–Trinajstić information content (AvgIpc) is 3.28. The largest absolute Gasteiger partial charge is 0.484 e. The molecule has 140 valence electrons. The van der Waals surface area contributed by atoms with Gasteiger partial charge in [-0.15, -0.1) is 0 Å². The molecule has 4 unspecified atom stereocenters. The minimum Gasteiger partial charge on any atom is -0.484 e. The number of ether oxygens (including phenoxy) is 1. The van der Waals surface area contributed by atoms with Gasteiger partial charge in [0.25, 0.3) is 11.8 Å². The van der Waals surface area contributed by atoms with E-state index in [1.54, 1.807) is 19.9 Å². The molecule has 0 spiro atoms. The van der Waals surface area contributed by atoms with Crippen LogP contribution < -0.4 is 4.74 Å². The maximum Gasteiger partial charge on any atom is 0.311 e. The number of nitro benzene ring substituents is 1. The molecule has 1 aromatic carbocycles. The Balaban J connectivity index is 1.64.